The number of aliphatic hydroxyl groups is 2. The largest absolute Gasteiger partial charge is 0.491 e. The van der Waals surface area contributed by atoms with Crippen molar-refractivity contribution in [2.75, 3.05) is 6.61 Å². The van der Waals surface area contributed by atoms with Crippen LogP contribution in [0.25, 0.3) is 6.08 Å². The average molecular weight is 483 g/mol. The summed E-state index contributed by atoms with van der Waals surface area (Å²) in [4.78, 5) is 10.6. The molecular formula is C30H42O5. The van der Waals surface area contributed by atoms with Crippen LogP contribution in [-0.2, 0) is 10.2 Å². The minimum atomic E-state index is -0.852. The standard InChI is InChI=1S/C30H42O5/c1-7-30(8-2,24-13-12-23(21(3)18-24)16-17-29(5,6)34)25-14-15-27(22(4)19-25)35-20-26(31)10-9-11-28(32)33/h12-19,26,31,34H,7-11,20H2,1-6H3,(H,32,33)/t26-/m1/s1. The van der Waals surface area contributed by atoms with Crippen molar-refractivity contribution >= 4 is 12.0 Å². The van der Waals surface area contributed by atoms with Gasteiger partial charge in [-0.15, -0.1) is 0 Å². The van der Waals surface area contributed by atoms with Crippen molar-refractivity contribution in [2.24, 2.45) is 0 Å². The zero-order valence-electron chi connectivity index (χ0n) is 22.1. The van der Waals surface area contributed by atoms with Gasteiger partial charge < -0.3 is 20.1 Å². The zero-order chi connectivity index (χ0) is 26.2. The van der Waals surface area contributed by atoms with E-state index >= 15 is 0 Å². The zero-order valence-corrected chi connectivity index (χ0v) is 22.1. The quantitative estimate of drug-likeness (QED) is 0.317. The molecule has 0 bridgehead atoms. The molecule has 2 rings (SSSR count). The summed E-state index contributed by atoms with van der Waals surface area (Å²) in [5.41, 5.74) is 4.78. The fourth-order valence-electron chi connectivity index (χ4n) is 4.55. The number of aryl methyl sites for hydroxylation is 2. The summed E-state index contributed by atoms with van der Waals surface area (Å²) in [6, 6.07) is 12.8. The first-order chi connectivity index (χ1) is 16.4. The molecule has 3 N–H and O–H groups in total. The second-order valence-electron chi connectivity index (χ2n) is 10.1. The predicted molar refractivity (Wildman–Crippen MR) is 142 cm³/mol. The first-order valence-electron chi connectivity index (χ1n) is 12.6. The Morgan fingerprint density at radius 3 is 2.14 bits per heavy atom. The van der Waals surface area contributed by atoms with Gasteiger partial charge in [-0.05, 0) is 87.3 Å². The summed E-state index contributed by atoms with van der Waals surface area (Å²) in [6.45, 7) is 12.2. The van der Waals surface area contributed by atoms with Gasteiger partial charge >= 0.3 is 5.97 Å². The third-order valence-electron chi connectivity index (χ3n) is 6.79. The van der Waals surface area contributed by atoms with Crippen molar-refractivity contribution in [1.29, 1.82) is 0 Å². The van der Waals surface area contributed by atoms with Crippen molar-refractivity contribution in [3.05, 3.63) is 70.3 Å². The van der Waals surface area contributed by atoms with Gasteiger partial charge in [0, 0.05) is 11.8 Å². The molecule has 5 nitrogen and oxygen atoms in total. The van der Waals surface area contributed by atoms with Crippen LogP contribution in [-0.4, -0.2) is 39.6 Å². The molecule has 1 atom stereocenters. The van der Waals surface area contributed by atoms with Crippen LogP contribution in [0.1, 0.15) is 87.6 Å². The average Bonchev–Trinajstić information content (AvgIpc) is 2.78. The highest BCUT2D eigenvalue weighted by Gasteiger charge is 2.31. The van der Waals surface area contributed by atoms with Crippen LogP contribution in [0.4, 0.5) is 0 Å². The number of carbonyl (C=O) groups is 1. The molecule has 0 heterocycles. The third-order valence-corrected chi connectivity index (χ3v) is 6.79. The molecule has 0 fully saturated rings. The number of rotatable bonds is 13. The molecule has 0 aromatic heterocycles. The van der Waals surface area contributed by atoms with Crippen LogP contribution in [0.5, 0.6) is 5.75 Å². The summed E-state index contributed by atoms with van der Waals surface area (Å²) >= 11 is 0. The molecule has 35 heavy (non-hydrogen) atoms. The first kappa shape index (κ1) is 28.6. The number of carboxylic acids is 1. The minimum absolute atomic E-state index is 0.0526. The molecule has 0 spiro atoms. The number of hydrogen-bond acceptors (Lipinski definition) is 4. The van der Waals surface area contributed by atoms with Gasteiger partial charge in [0.05, 0.1) is 11.7 Å². The number of hydrogen-bond donors (Lipinski definition) is 3. The second-order valence-corrected chi connectivity index (χ2v) is 10.1. The van der Waals surface area contributed by atoms with E-state index in [0.29, 0.717) is 12.8 Å². The Morgan fingerprint density at radius 1 is 1.03 bits per heavy atom. The summed E-state index contributed by atoms with van der Waals surface area (Å²) in [5, 5.41) is 28.9. The molecule has 2 aromatic rings. The number of carboxylic acid groups (broad SMARTS) is 1. The molecule has 0 aliphatic heterocycles. The Morgan fingerprint density at radius 2 is 1.63 bits per heavy atom. The van der Waals surface area contributed by atoms with E-state index in [9.17, 15) is 15.0 Å². The summed E-state index contributed by atoms with van der Waals surface area (Å²) in [7, 11) is 0. The first-order valence-corrected chi connectivity index (χ1v) is 12.6. The molecule has 0 unspecified atom stereocenters. The van der Waals surface area contributed by atoms with Crippen molar-refractivity contribution < 1.29 is 24.9 Å². The smallest absolute Gasteiger partial charge is 0.303 e. The van der Waals surface area contributed by atoms with Crippen LogP contribution in [0, 0.1) is 13.8 Å². The van der Waals surface area contributed by atoms with E-state index in [2.05, 4.69) is 51.1 Å². The molecule has 0 saturated heterocycles. The van der Waals surface area contributed by atoms with Crippen LogP contribution in [0.2, 0.25) is 0 Å². The lowest BCUT2D eigenvalue weighted by atomic mass is 9.70. The molecule has 0 aliphatic rings. The van der Waals surface area contributed by atoms with Crippen molar-refractivity contribution in [3.8, 4) is 5.75 Å². The Labute approximate surface area is 210 Å². The maximum Gasteiger partial charge on any atom is 0.303 e. The molecule has 0 radical (unpaired) electrons. The maximum absolute atomic E-state index is 10.6. The van der Waals surface area contributed by atoms with Gasteiger partial charge in [0.2, 0.25) is 0 Å². The van der Waals surface area contributed by atoms with Gasteiger partial charge in [0.1, 0.15) is 12.4 Å². The van der Waals surface area contributed by atoms with Crippen LogP contribution < -0.4 is 4.74 Å². The fourth-order valence-corrected chi connectivity index (χ4v) is 4.55. The van der Waals surface area contributed by atoms with E-state index in [1.54, 1.807) is 13.8 Å². The number of benzene rings is 2. The lowest BCUT2D eigenvalue weighted by molar-refractivity contribution is -0.137. The third kappa shape index (κ3) is 7.94. The van der Waals surface area contributed by atoms with E-state index in [0.717, 1.165) is 29.7 Å². The molecule has 5 heteroatoms. The Kier molecular flexibility index (Phi) is 10.1. The second kappa shape index (κ2) is 12.4. The van der Waals surface area contributed by atoms with Crippen LogP contribution >= 0.6 is 0 Å². The van der Waals surface area contributed by atoms with E-state index in [1.807, 2.05) is 25.1 Å². The molecular weight excluding hydrogens is 440 g/mol. The summed E-state index contributed by atoms with van der Waals surface area (Å²) < 4.78 is 5.86. The number of ether oxygens (including phenoxy) is 1. The highest BCUT2D eigenvalue weighted by atomic mass is 16.5. The van der Waals surface area contributed by atoms with Crippen molar-refractivity contribution in [3.63, 3.8) is 0 Å². The van der Waals surface area contributed by atoms with Gasteiger partial charge in [-0.2, -0.15) is 0 Å². The maximum atomic E-state index is 10.6. The van der Waals surface area contributed by atoms with Gasteiger partial charge in [-0.25, -0.2) is 0 Å². The molecule has 2 aromatic carbocycles. The fraction of sp³-hybridized carbons (Fsp3) is 0.500. The van der Waals surface area contributed by atoms with E-state index in [1.165, 1.54) is 16.7 Å². The van der Waals surface area contributed by atoms with Gasteiger partial charge in [-0.1, -0.05) is 56.3 Å². The number of aliphatic hydroxyl groups excluding tert-OH is 1. The highest BCUT2D eigenvalue weighted by Crippen LogP contribution is 2.41. The lowest BCUT2D eigenvalue weighted by Gasteiger charge is -2.34. The Bertz CT molecular complexity index is 1010. The predicted octanol–water partition coefficient (Wildman–Crippen LogP) is 6.19. The van der Waals surface area contributed by atoms with Gasteiger partial charge in [0.25, 0.3) is 0 Å². The Hall–Kier alpha value is -2.63. The van der Waals surface area contributed by atoms with E-state index in [-0.39, 0.29) is 18.4 Å². The summed E-state index contributed by atoms with van der Waals surface area (Å²) in [6.07, 6.45) is 5.88. The van der Waals surface area contributed by atoms with E-state index in [4.69, 9.17) is 9.84 Å². The van der Waals surface area contributed by atoms with Crippen molar-refractivity contribution in [2.45, 2.75) is 90.8 Å². The Balaban J connectivity index is 2.24. The van der Waals surface area contributed by atoms with Crippen LogP contribution in [0.15, 0.2) is 42.5 Å². The van der Waals surface area contributed by atoms with Gasteiger partial charge in [0.15, 0.2) is 0 Å². The molecule has 192 valence electrons. The lowest BCUT2D eigenvalue weighted by Crippen LogP contribution is -2.26. The highest BCUT2D eigenvalue weighted by molar-refractivity contribution is 5.66. The molecule has 0 saturated carbocycles. The normalized spacial score (nSPS) is 13.3. The topological polar surface area (TPSA) is 87.0 Å². The van der Waals surface area contributed by atoms with Crippen LogP contribution in [0.3, 0.4) is 0 Å². The van der Waals surface area contributed by atoms with E-state index < -0.39 is 17.7 Å². The minimum Gasteiger partial charge on any atom is -0.491 e. The molecule has 0 amide bonds. The molecule has 0 aliphatic carbocycles. The monoisotopic (exact) mass is 482 g/mol. The number of aliphatic carboxylic acids is 1. The summed E-state index contributed by atoms with van der Waals surface area (Å²) in [5.74, 6) is -0.120. The van der Waals surface area contributed by atoms with Crippen molar-refractivity contribution in [1.82, 2.24) is 0 Å². The SMILES string of the molecule is CCC(CC)(c1ccc(C=CC(C)(C)O)c(C)c1)c1ccc(OC[C@H](O)CCCC(=O)O)c(C)c1. The van der Waals surface area contributed by atoms with Gasteiger partial charge in [-0.3, -0.25) is 4.79 Å².